The quantitative estimate of drug-likeness (QED) is 0.392. The summed E-state index contributed by atoms with van der Waals surface area (Å²) in [6.07, 6.45) is 0. The lowest BCUT2D eigenvalue weighted by atomic mass is 10.2. The van der Waals surface area contributed by atoms with E-state index in [9.17, 15) is 10.1 Å². The predicted molar refractivity (Wildman–Crippen MR) is 66.5 cm³/mol. The highest BCUT2D eigenvalue weighted by molar-refractivity contribution is 6.70. The van der Waals surface area contributed by atoms with Crippen LogP contribution in [0.5, 0.6) is 5.75 Å². The number of rotatable bonds is 3. The van der Waals surface area contributed by atoms with Crippen LogP contribution in [0.4, 0.5) is 11.4 Å². The number of nitrogens with zero attached hydrogens (tertiary/aromatic N) is 1. The monoisotopic (exact) mass is 260 g/mol. The standard InChI is InChI=1S/C9H13ClN2O3Si/c1-16(2,3)15-9-5-8(12(13)14)6(10)4-7(9)11/h4-5H,11H2,1-3H3. The molecule has 1 rings (SSSR count). The summed E-state index contributed by atoms with van der Waals surface area (Å²) in [7, 11) is -1.85. The summed E-state index contributed by atoms with van der Waals surface area (Å²) in [5.74, 6) is 0.329. The van der Waals surface area contributed by atoms with E-state index in [1.165, 1.54) is 12.1 Å². The molecule has 2 N–H and O–H groups in total. The minimum absolute atomic E-state index is 0.0189. The first-order valence-electron chi connectivity index (χ1n) is 4.63. The molecular weight excluding hydrogens is 248 g/mol. The van der Waals surface area contributed by atoms with E-state index in [-0.39, 0.29) is 10.7 Å². The molecule has 0 spiro atoms. The molecule has 0 bridgehead atoms. The maximum absolute atomic E-state index is 10.7. The molecule has 1 aromatic carbocycles. The topological polar surface area (TPSA) is 78.4 Å². The smallest absolute Gasteiger partial charge is 0.291 e. The van der Waals surface area contributed by atoms with Crippen LogP contribution in [0.2, 0.25) is 24.7 Å². The van der Waals surface area contributed by atoms with Crippen LogP contribution in [0, 0.1) is 10.1 Å². The highest BCUT2D eigenvalue weighted by atomic mass is 35.5. The van der Waals surface area contributed by atoms with Crippen molar-refractivity contribution in [2.24, 2.45) is 0 Å². The van der Waals surface area contributed by atoms with Crippen LogP contribution in [0.15, 0.2) is 12.1 Å². The molecule has 0 heterocycles. The second kappa shape index (κ2) is 4.30. The molecule has 0 aliphatic carbocycles. The van der Waals surface area contributed by atoms with Crippen LogP contribution < -0.4 is 10.2 Å². The van der Waals surface area contributed by atoms with Gasteiger partial charge in [-0.05, 0) is 25.7 Å². The Balaban J connectivity index is 3.20. The SMILES string of the molecule is C[Si](C)(C)Oc1cc([N+](=O)[O-])c(Cl)cc1N. The highest BCUT2D eigenvalue weighted by Gasteiger charge is 2.22. The fraction of sp³-hybridized carbons (Fsp3) is 0.333. The largest absolute Gasteiger partial charge is 0.543 e. The number of nitro benzene ring substituents is 1. The minimum atomic E-state index is -1.85. The van der Waals surface area contributed by atoms with Crippen LogP contribution in [0.1, 0.15) is 0 Å². The van der Waals surface area contributed by atoms with E-state index in [1.54, 1.807) is 0 Å². The summed E-state index contributed by atoms with van der Waals surface area (Å²) >= 11 is 5.70. The zero-order valence-electron chi connectivity index (χ0n) is 9.28. The van der Waals surface area contributed by atoms with Crippen molar-refractivity contribution in [3.05, 3.63) is 27.3 Å². The van der Waals surface area contributed by atoms with Gasteiger partial charge in [-0.15, -0.1) is 0 Å². The highest BCUT2D eigenvalue weighted by Crippen LogP contribution is 2.35. The maximum Gasteiger partial charge on any atom is 0.291 e. The molecule has 0 fully saturated rings. The Kier molecular flexibility index (Phi) is 3.44. The zero-order chi connectivity index (χ0) is 12.5. The van der Waals surface area contributed by atoms with Crippen LogP contribution in [0.25, 0.3) is 0 Å². The number of nitrogens with two attached hydrogens (primary N) is 1. The second-order valence-corrected chi connectivity index (χ2v) is 9.15. The number of hydrogen-bond acceptors (Lipinski definition) is 4. The number of nitro groups is 1. The lowest BCUT2D eigenvalue weighted by molar-refractivity contribution is -0.384. The second-order valence-electron chi connectivity index (χ2n) is 4.31. The summed E-state index contributed by atoms with van der Waals surface area (Å²) in [5, 5.41) is 10.7. The Morgan fingerprint density at radius 2 is 2.00 bits per heavy atom. The molecule has 0 radical (unpaired) electrons. The molecule has 5 nitrogen and oxygen atoms in total. The fourth-order valence-electron chi connectivity index (χ4n) is 1.12. The number of nitrogen functional groups attached to an aromatic ring is 1. The van der Waals surface area contributed by atoms with Gasteiger partial charge in [-0.25, -0.2) is 0 Å². The summed E-state index contributed by atoms with van der Waals surface area (Å²) in [6, 6.07) is 2.62. The normalized spacial score (nSPS) is 11.2. The third-order valence-electron chi connectivity index (χ3n) is 1.69. The molecule has 0 aliphatic rings. The van der Waals surface area contributed by atoms with Gasteiger partial charge in [0, 0.05) is 0 Å². The number of anilines is 1. The van der Waals surface area contributed by atoms with Gasteiger partial charge < -0.3 is 10.2 Å². The first-order chi connectivity index (χ1) is 7.20. The van der Waals surface area contributed by atoms with E-state index < -0.39 is 13.2 Å². The van der Waals surface area contributed by atoms with Crippen LogP contribution in [-0.2, 0) is 0 Å². The van der Waals surface area contributed by atoms with E-state index in [0.717, 1.165) is 0 Å². The molecule has 0 aliphatic heterocycles. The van der Waals surface area contributed by atoms with Gasteiger partial charge in [0.05, 0.1) is 16.7 Å². The minimum Gasteiger partial charge on any atom is -0.543 e. The molecule has 0 unspecified atom stereocenters. The van der Waals surface area contributed by atoms with Crippen molar-refractivity contribution in [1.82, 2.24) is 0 Å². The lowest BCUT2D eigenvalue weighted by Crippen LogP contribution is -2.29. The van der Waals surface area contributed by atoms with Gasteiger partial charge in [0.2, 0.25) is 8.32 Å². The zero-order valence-corrected chi connectivity index (χ0v) is 11.0. The van der Waals surface area contributed by atoms with Crippen molar-refractivity contribution in [1.29, 1.82) is 0 Å². The van der Waals surface area contributed by atoms with Crippen LogP contribution >= 0.6 is 11.6 Å². The Labute approximate surface area is 99.4 Å². The first-order valence-corrected chi connectivity index (χ1v) is 8.42. The number of benzene rings is 1. The molecule has 0 amide bonds. The summed E-state index contributed by atoms with van der Waals surface area (Å²) in [4.78, 5) is 10.1. The summed E-state index contributed by atoms with van der Waals surface area (Å²) in [5.41, 5.74) is 5.81. The van der Waals surface area contributed by atoms with Gasteiger partial charge in [-0.3, -0.25) is 10.1 Å². The lowest BCUT2D eigenvalue weighted by Gasteiger charge is -2.20. The molecule has 1 aromatic rings. The van der Waals surface area contributed by atoms with E-state index in [0.29, 0.717) is 11.4 Å². The first kappa shape index (κ1) is 12.8. The third-order valence-corrected chi connectivity index (χ3v) is 2.83. The Morgan fingerprint density at radius 3 is 2.44 bits per heavy atom. The summed E-state index contributed by atoms with van der Waals surface area (Å²) in [6.45, 7) is 5.90. The molecule has 0 saturated heterocycles. The molecule has 0 aromatic heterocycles. The van der Waals surface area contributed by atoms with Crippen molar-refractivity contribution in [3.63, 3.8) is 0 Å². The molecule has 88 valence electrons. The molecule has 7 heteroatoms. The van der Waals surface area contributed by atoms with Crippen molar-refractivity contribution in [2.45, 2.75) is 19.6 Å². The van der Waals surface area contributed by atoms with Crippen LogP contribution in [-0.4, -0.2) is 13.2 Å². The number of halogens is 1. The molecule has 16 heavy (non-hydrogen) atoms. The van der Waals surface area contributed by atoms with Gasteiger partial charge in [0.25, 0.3) is 5.69 Å². The average Bonchev–Trinajstić information content (AvgIpc) is 2.07. The predicted octanol–water partition coefficient (Wildman–Crippen LogP) is 3.04. The Hall–Kier alpha value is -1.27. The number of hydrogen-bond donors (Lipinski definition) is 1. The van der Waals surface area contributed by atoms with E-state index in [2.05, 4.69) is 0 Å². The maximum atomic E-state index is 10.7. The van der Waals surface area contributed by atoms with Crippen LogP contribution in [0.3, 0.4) is 0 Å². The third kappa shape index (κ3) is 3.11. The van der Waals surface area contributed by atoms with Gasteiger partial charge in [-0.1, -0.05) is 11.6 Å². The van der Waals surface area contributed by atoms with Gasteiger partial charge in [0.15, 0.2) is 0 Å². The van der Waals surface area contributed by atoms with Gasteiger partial charge >= 0.3 is 0 Å². The van der Waals surface area contributed by atoms with Crippen molar-refractivity contribution in [2.75, 3.05) is 5.73 Å². The Morgan fingerprint density at radius 1 is 1.44 bits per heavy atom. The average molecular weight is 261 g/mol. The van der Waals surface area contributed by atoms with Gasteiger partial charge in [0.1, 0.15) is 10.8 Å². The van der Waals surface area contributed by atoms with Crippen molar-refractivity contribution in [3.8, 4) is 5.75 Å². The molecular formula is C9H13ClN2O3Si. The van der Waals surface area contributed by atoms with Gasteiger partial charge in [-0.2, -0.15) is 0 Å². The molecule has 0 atom stereocenters. The summed E-state index contributed by atoms with van der Waals surface area (Å²) < 4.78 is 5.63. The fourth-order valence-corrected chi connectivity index (χ4v) is 2.19. The van der Waals surface area contributed by atoms with Crippen molar-refractivity contribution >= 4 is 31.3 Å². The Bertz CT molecular complexity index is 431. The van der Waals surface area contributed by atoms with E-state index in [1.807, 2.05) is 19.6 Å². The van der Waals surface area contributed by atoms with E-state index >= 15 is 0 Å². The van der Waals surface area contributed by atoms with Crippen molar-refractivity contribution < 1.29 is 9.35 Å². The van der Waals surface area contributed by atoms with E-state index in [4.69, 9.17) is 21.8 Å². The molecule has 0 saturated carbocycles.